The third-order valence-corrected chi connectivity index (χ3v) is 5.85. The van der Waals surface area contributed by atoms with E-state index in [1.807, 2.05) is 37.3 Å². The number of anilines is 1. The highest BCUT2D eigenvalue weighted by Gasteiger charge is 2.17. The Kier molecular flexibility index (Phi) is 7.26. The molecule has 9 heteroatoms. The number of hydrogen-bond acceptors (Lipinski definition) is 5. The highest BCUT2D eigenvalue weighted by Crippen LogP contribution is 2.34. The zero-order chi connectivity index (χ0) is 23.2. The van der Waals surface area contributed by atoms with Crippen molar-refractivity contribution in [2.75, 3.05) is 11.9 Å². The molecule has 0 unspecified atom stereocenters. The molecular formula is C24H20ClFN4O2S. The van der Waals surface area contributed by atoms with Gasteiger partial charge in [0, 0.05) is 4.90 Å². The van der Waals surface area contributed by atoms with Crippen molar-refractivity contribution in [2.24, 2.45) is 0 Å². The summed E-state index contributed by atoms with van der Waals surface area (Å²) in [5.41, 5.74) is 1.92. The summed E-state index contributed by atoms with van der Waals surface area (Å²) in [4.78, 5) is 18.0. The summed E-state index contributed by atoms with van der Waals surface area (Å²) in [5.74, 6) is -0.0630. The van der Waals surface area contributed by atoms with Gasteiger partial charge in [-0.3, -0.25) is 4.79 Å². The van der Waals surface area contributed by atoms with E-state index in [0.29, 0.717) is 35.3 Å². The molecule has 168 valence electrons. The molecule has 1 heterocycles. The minimum atomic E-state index is -0.305. The predicted molar refractivity (Wildman–Crippen MR) is 127 cm³/mol. The summed E-state index contributed by atoms with van der Waals surface area (Å²) in [7, 11) is 0. The Morgan fingerprint density at radius 1 is 1.09 bits per heavy atom. The molecule has 0 fully saturated rings. The van der Waals surface area contributed by atoms with Gasteiger partial charge in [-0.1, -0.05) is 36.4 Å². The Morgan fingerprint density at radius 3 is 2.61 bits per heavy atom. The summed E-state index contributed by atoms with van der Waals surface area (Å²) < 4.78 is 20.5. The molecule has 1 aromatic heterocycles. The van der Waals surface area contributed by atoms with Crippen LogP contribution in [0.4, 0.5) is 10.1 Å². The molecule has 0 saturated heterocycles. The maximum Gasteiger partial charge on any atom is 0.259 e. The van der Waals surface area contributed by atoms with Gasteiger partial charge in [0.2, 0.25) is 5.28 Å². The van der Waals surface area contributed by atoms with Gasteiger partial charge in [0.15, 0.2) is 5.16 Å². The smallest absolute Gasteiger partial charge is 0.259 e. The molecule has 0 atom stereocenters. The average molecular weight is 483 g/mol. The number of benzene rings is 3. The molecule has 6 nitrogen and oxygen atoms in total. The number of amides is 1. The van der Waals surface area contributed by atoms with E-state index >= 15 is 0 Å². The normalized spacial score (nSPS) is 10.8. The largest absolute Gasteiger partial charge is 0.493 e. The monoisotopic (exact) mass is 482 g/mol. The van der Waals surface area contributed by atoms with Gasteiger partial charge in [0.05, 0.1) is 24.4 Å². The van der Waals surface area contributed by atoms with Crippen molar-refractivity contribution < 1.29 is 13.9 Å². The van der Waals surface area contributed by atoms with E-state index in [2.05, 4.69) is 15.4 Å². The van der Waals surface area contributed by atoms with Crippen LogP contribution in [-0.4, -0.2) is 27.3 Å². The first-order valence-corrected chi connectivity index (χ1v) is 11.4. The molecule has 4 aromatic rings. The minimum Gasteiger partial charge on any atom is -0.493 e. The van der Waals surface area contributed by atoms with Crippen LogP contribution in [0.5, 0.6) is 5.75 Å². The van der Waals surface area contributed by atoms with E-state index in [-0.39, 0.29) is 17.0 Å². The number of carbonyl (C=O) groups is 1. The van der Waals surface area contributed by atoms with Crippen molar-refractivity contribution in [3.63, 3.8) is 0 Å². The zero-order valence-corrected chi connectivity index (χ0v) is 19.2. The van der Waals surface area contributed by atoms with Crippen molar-refractivity contribution in [3.8, 4) is 5.75 Å². The molecule has 33 heavy (non-hydrogen) atoms. The van der Waals surface area contributed by atoms with E-state index in [0.717, 1.165) is 10.5 Å². The molecule has 0 spiro atoms. The Labute approximate surface area is 199 Å². The van der Waals surface area contributed by atoms with Crippen LogP contribution < -0.4 is 10.1 Å². The van der Waals surface area contributed by atoms with Gasteiger partial charge >= 0.3 is 0 Å². The fraction of sp³-hybridized carbons (Fsp3) is 0.125. The van der Waals surface area contributed by atoms with Crippen molar-refractivity contribution in [2.45, 2.75) is 23.5 Å². The maximum atomic E-state index is 13.2. The van der Waals surface area contributed by atoms with Gasteiger partial charge in [0.1, 0.15) is 11.6 Å². The van der Waals surface area contributed by atoms with E-state index < -0.39 is 0 Å². The molecular weight excluding hydrogens is 463 g/mol. The number of nitrogens with one attached hydrogen (secondary N) is 1. The molecule has 0 bridgehead atoms. The first-order chi connectivity index (χ1) is 16.0. The zero-order valence-electron chi connectivity index (χ0n) is 17.7. The first-order valence-electron chi connectivity index (χ1n) is 10.2. The molecule has 1 amide bonds. The average Bonchev–Trinajstić information content (AvgIpc) is 3.15. The SMILES string of the molecule is CCOc1ccccc1C(=O)Nc1ccccc1Sc1nc(Cl)nn1Cc1ccc(F)cc1. The standard InChI is InChI=1S/C24H20ClFN4O2S/c1-2-32-20-9-5-3-7-18(20)22(31)27-19-8-4-6-10-21(19)33-24-28-23(25)29-30(24)15-16-11-13-17(26)14-12-16/h3-14H,2,15H2,1H3,(H,27,31). The van der Waals surface area contributed by atoms with Gasteiger partial charge in [-0.25, -0.2) is 9.07 Å². The Morgan fingerprint density at radius 2 is 1.82 bits per heavy atom. The molecule has 3 aromatic carbocycles. The fourth-order valence-electron chi connectivity index (χ4n) is 3.13. The highest BCUT2D eigenvalue weighted by molar-refractivity contribution is 7.99. The summed E-state index contributed by atoms with van der Waals surface area (Å²) in [6.45, 7) is 2.70. The molecule has 0 aliphatic rings. The van der Waals surface area contributed by atoms with E-state index in [1.165, 1.54) is 23.9 Å². The molecule has 0 saturated carbocycles. The number of para-hydroxylation sites is 2. The Hall–Kier alpha value is -3.36. The third-order valence-electron chi connectivity index (χ3n) is 4.63. The summed E-state index contributed by atoms with van der Waals surface area (Å²) in [6, 6.07) is 20.6. The van der Waals surface area contributed by atoms with Crippen molar-refractivity contribution in [1.82, 2.24) is 14.8 Å². The molecule has 0 aliphatic heterocycles. The van der Waals surface area contributed by atoms with Crippen molar-refractivity contribution >= 4 is 35.0 Å². The minimum absolute atomic E-state index is 0.103. The van der Waals surface area contributed by atoms with Gasteiger partial charge in [-0.2, -0.15) is 4.98 Å². The van der Waals surface area contributed by atoms with Crippen LogP contribution in [0.2, 0.25) is 5.28 Å². The second-order valence-corrected chi connectivity index (χ2v) is 8.28. The fourth-order valence-corrected chi connectivity index (χ4v) is 4.26. The number of nitrogens with zero attached hydrogens (tertiary/aromatic N) is 3. The van der Waals surface area contributed by atoms with E-state index in [9.17, 15) is 9.18 Å². The number of aromatic nitrogens is 3. The lowest BCUT2D eigenvalue weighted by Crippen LogP contribution is -2.14. The van der Waals surface area contributed by atoms with Crippen molar-refractivity contribution in [1.29, 1.82) is 0 Å². The summed E-state index contributed by atoms with van der Waals surface area (Å²) in [6.07, 6.45) is 0. The number of carbonyl (C=O) groups excluding carboxylic acids is 1. The lowest BCUT2D eigenvalue weighted by molar-refractivity contribution is 0.102. The van der Waals surface area contributed by atoms with Crippen LogP contribution in [0.25, 0.3) is 0 Å². The van der Waals surface area contributed by atoms with Gasteiger partial charge in [-0.05, 0) is 72.2 Å². The molecule has 0 aliphatic carbocycles. The number of hydrogen-bond donors (Lipinski definition) is 1. The maximum absolute atomic E-state index is 13.2. The van der Waals surface area contributed by atoms with Gasteiger partial charge in [0.25, 0.3) is 5.91 Å². The molecule has 0 radical (unpaired) electrons. The topological polar surface area (TPSA) is 69.0 Å². The number of rotatable bonds is 8. The van der Waals surface area contributed by atoms with Crippen molar-refractivity contribution in [3.05, 3.63) is 95.0 Å². The van der Waals surface area contributed by atoms with Gasteiger partial charge in [-0.15, -0.1) is 5.10 Å². The summed E-state index contributed by atoms with van der Waals surface area (Å²) >= 11 is 7.40. The van der Waals surface area contributed by atoms with E-state index in [4.69, 9.17) is 16.3 Å². The van der Waals surface area contributed by atoms with Crippen LogP contribution in [0.15, 0.2) is 82.8 Å². The third kappa shape index (κ3) is 5.71. The summed E-state index contributed by atoms with van der Waals surface area (Å²) in [5, 5.41) is 7.85. The highest BCUT2D eigenvalue weighted by atomic mass is 35.5. The quantitative estimate of drug-likeness (QED) is 0.337. The predicted octanol–water partition coefficient (Wildman–Crippen LogP) is 5.92. The van der Waals surface area contributed by atoms with Crippen LogP contribution in [0, 0.1) is 5.82 Å². The first kappa shape index (κ1) is 22.8. The van der Waals surface area contributed by atoms with Crippen LogP contribution >= 0.6 is 23.4 Å². The number of halogens is 2. The van der Waals surface area contributed by atoms with Crippen LogP contribution in [-0.2, 0) is 6.54 Å². The Bertz CT molecular complexity index is 1260. The van der Waals surface area contributed by atoms with Crippen LogP contribution in [0.1, 0.15) is 22.8 Å². The second kappa shape index (κ2) is 10.5. The lowest BCUT2D eigenvalue weighted by atomic mass is 10.2. The van der Waals surface area contributed by atoms with E-state index in [1.54, 1.807) is 35.0 Å². The van der Waals surface area contributed by atoms with Gasteiger partial charge < -0.3 is 10.1 Å². The number of ether oxygens (including phenoxy) is 1. The lowest BCUT2D eigenvalue weighted by Gasteiger charge is -2.13. The second-order valence-electron chi connectivity index (χ2n) is 6.93. The molecule has 4 rings (SSSR count). The molecule has 1 N–H and O–H groups in total. The van der Waals surface area contributed by atoms with Crippen LogP contribution in [0.3, 0.4) is 0 Å². The Balaban J connectivity index is 1.57.